The van der Waals surface area contributed by atoms with Crippen molar-refractivity contribution in [2.24, 2.45) is 0 Å². The maximum absolute atomic E-state index is 12.0. The maximum atomic E-state index is 12.0. The summed E-state index contributed by atoms with van der Waals surface area (Å²) in [5.74, 6) is 0. The minimum atomic E-state index is -1.09. The summed E-state index contributed by atoms with van der Waals surface area (Å²) in [6.45, 7) is 0. The number of hydrogen-bond donors (Lipinski definition) is 1. The summed E-state index contributed by atoms with van der Waals surface area (Å²) in [5, 5.41) is 26.2. The fourth-order valence-electron chi connectivity index (χ4n) is 2.99. The molecule has 28 heavy (non-hydrogen) atoms. The predicted molar refractivity (Wildman–Crippen MR) is 110 cm³/mol. The molecular weight excluding hydrogens is 426 g/mol. The van der Waals surface area contributed by atoms with Gasteiger partial charge in [0.25, 0.3) is 11.7 Å². The van der Waals surface area contributed by atoms with Crippen molar-refractivity contribution < 1.29 is 9.85 Å². The van der Waals surface area contributed by atoms with Gasteiger partial charge < -0.3 is 5.32 Å². The number of nitro groups is 2. The summed E-state index contributed by atoms with van der Waals surface area (Å²) in [7, 11) is 0. The van der Waals surface area contributed by atoms with E-state index in [2.05, 4.69) is 21.2 Å². The Morgan fingerprint density at radius 2 is 1.50 bits per heavy atom. The quantitative estimate of drug-likeness (QED) is 0.383. The normalized spacial score (nSPS) is 12.8. The summed E-state index contributed by atoms with van der Waals surface area (Å²) in [6, 6.07) is 20.1. The fourth-order valence-corrected chi connectivity index (χ4v) is 3.25. The smallest absolute Gasteiger partial charge is 0.271 e. The molecule has 0 aliphatic carbocycles. The van der Waals surface area contributed by atoms with E-state index in [9.17, 15) is 20.2 Å². The third-order valence-electron chi connectivity index (χ3n) is 4.29. The second kappa shape index (κ2) is 8.62. The van der Waals surface area contributed by atoms with Crippen LogP contribution in [0.4, 0.5) is 11.4 Å². The van der Waals surface area contributed by atoms with E-state index in [1.807, 2.05) is 6.07 Å². The van der Waals surface area contributed by atoms with Gasteiger partial charge >= 0.3 is 0 Å². The maximum Gasteiger partial charge on any atom is 0.271 e. The number of rotatable bonds is 7. The van der Waals surface area contributed by atoms with Crippen LogP contribution in [0.15, 0.2) is 83.3 Å². The number of nitrogens with one attached hydrogen (secondary N) is 1. The highest BCUT2D eigenvalue weighted by molar-refractivity contribution is 9.10. The summed E-state index contributed by atoms with van der Waals surface area (Å²) >= 11 is 3.34. The average Bonchev–Trinajstić information content (AvgIpc) is 2.69. The number of hydrogen-bond acceptors (Lipinski definition) is 5. The van der Waals surface area contributed by atoms with Crippen molar-refractivity contribution in [1.29, 1.82) is 0 Å². The summed E-state index contributed by atoms with van der Waals surface area (Å²) in [6.07, 6.45) is 0. The van der Waals surface area contributed by atoms with E-state index in [-0.39, 0.29) is 10.6 Å². The molecule has 142 valence electrons. The van der Waals surface area contributed by atoms with Crippen LogP contribution in [0, 0.1) is 20.2 Å². The van der Waals surface area contributed by atoms with Crippen molar-refractivity contribution in [1.82, 2.24) is 0 Å². The Bertz CT molecular complexity index is 980. The molecule has 8 heteroatoms. The molecule has 3 aromatic rings. The summed E-state index contributed by atoms with van der Waals surface area (Å²) < 4.78 is 0.821. The molecule has 0 radical (unpaired) electrons. The Labute approximate surface area is 169 Å². The van der Waals surface area contributed by atoms with Crippen LogP contribution in [-0.2, 0) is 0 Å². The SMILES string of the molecule is O=[N+]([O-])c1cccc(NC(c2ccccc2)C(c2ccc(Br)cc2)[N+](=O)[O-])c1. The van der Waals surface area contributed by atoms with E-state index in [0.29, 0.717) is 16.8 Å². The predicted octanol–water partition coefficient (Wildman–Crippen LogP) is 5.53. The minimum absolute atomic E-state index is 0.0851. The van der Waals surface area contributed by atoms with Crippen LogP contribution in [0.2, 0.25) is 0 Å². The highest BCUT2D eigenvalue weighted by Gasteiger charge is 2.34. The molecule has 1 N–H and O–H groups in total. The highest BCUT2D eigenvalue weighted by atomic mass is 79.9. The van der Waals surface area contributed by atoms with Crippen LogP contribution in [0.5, 0.6) is 0 Å². The number of benzene rings is 3. The van der Waals surface area contributed by atoms with Crippen LogP contribution < -0.4 is 5.32 Å². The molecule has 0 saturated carbocycles. The van der Waals surface area contributed by atoms with E-state index < -0.39 is 17.0 Å². The Kier molecular flexibility index (Phi) is 6.00. The molecular formula is C20H16BrN3O4. The van der Waals surface area contributed by atoms with Gasteiger partial charge in [0.1, 0.15) is 6.04 Å². The van der Waals surface area contributed by atoms with Crippen LogP contribution >= 0.6 is 15.9 Å². The molecule has 2 unspecified atom stereocenters. The molecule has 0 spiro atoms. The van der Waals surface area contributed by atoms with Crippen LogP contribution in [0.25, 0.3) is 0 Å². The van der Waals surface area contributed by atoms with Crippen molar-refractivity contribution in [2.75, 3.05) is 5.32 Å². The number of non-ortho nitro benzene ring substituents is 1. The van der Waals surface area contributed by atoms with E-state index in [4.69, 9.17) is 0 Å². The van der Waals surface area contributed by atoms with E-state index in [1.165, 1.54) is 12.1 Å². The molecule has 0 aliphatic rings. The molecule has 0 fully saturated rings. The minimum Gasteiger partial charge on any atom is -0.372 e. The monoisotopic (exact) mass is 441 g/mol. The Hall–Kier alpha value is -3.26. The van der Waals surface area contributed by atoms with E-state index >= 15 is 0 Å². The Balaban J connectivity index is 2.05. The summed E-state index contributed by atoms with van der Waals surface area (Å²) in [4.78, 5) is 22.2. The number of nitro benzene ring substituents is 1. The third kappa shape index (κ3) is 4.52. The topological polar surface area (TPSA) is 98.3 Å². The van der Waals surface area contributed by atoms with Crippen molar-refractivity contribution in [3.8, 4) is 0 Å². The fraction of sp³-hybridized carbons (Fsp3) is 0.100. The standard InChI is InChI=1S/C20H16BrN3O4/c21-16-11-9-15(10-12-16)20(24(27)28)19(14-5-2-1-3-6-14)22-17-7-4-8-18(13-17)23(25)26/h1-13,19-20,22H. The average molecular weight is 442 g/mol. The van der Waals surface area contributed by atoms with Crippen molar-refractivity contribution in [2.45, 2.75) is 12.1 Å². The lowest BCUT2D eigenvalue weighted by atomic mass is 9.93. The molecule has 0 saturated heterocycles. The Morgan fingerprint density at radius 1 is 0.821 bits per heavy atom. The van der Waals surface area contributed by atoms with Crippen LogP contribution in [0.3, 0.4) is 0 Å². The molecule has 0 amide bonds. The Morgan fingerprint density at radius 3 is 2.11 bits per heavy atom. The van der Waals surface area contributed by atoms with E-state index in [1.54, 1.807) is 60.7 Å². The van der Waals surface area contributed by atoms with Gasteiger partial charge in [0.05, 0.1) is 4.92 Å². The first-order chi connectivity index (χ1) is 13.5. The number of nitrogens with zero attached hydrogens (tertiary/aromatic N) is 2. The zero-order valence-corrected chi connectivity index (χ0v) is 16.2. The summed E-state index contributed by atoms with van der Waals surface area (Å²) in [5.41, 5.74) is 1.59. The molecule has 0 aliphatic heterocycles. The third-order valence-corrected chi connectivity index (χ3v) is 4.82. The molecule has 3 aromatic carbocycles. The van der Waals surface area contributed by atoms with Gasteiger partial charge in [0, 0.05) is 32.8 Å². The lowest BCUT2D eigenvalue weighted by molar-refractivity contribution is -0.532. The highest BCUT2D eigenvalue weighted by Crippen LogP contribution is 2.35. The second-order valence-electron chi connectivity index (χ2n) is 6.12. The van der Waals surface area contributed by atoms with Crippen molar-refractivity contribution in [3.05, 3.63) is 115 Å². The first kappa shape index (κ1) is 19.5. The van der Waals surface area contributed by atoms with Gasteiger partial charge in [0.15, 0.2) is 0 Å². The van der Waals surface area contributed by atoms with Gasteiger partial charge in [-0.05, 0) is 23.8 Å². The molecule has 0 heterocycles. The van der Waals surface area contributed by atoms with Crippen molar-refractivity contribution >= 4 is 27.3 Å². The first-order valence-electron chi connectivity index (χ1n) is 8.40. The van der Waals surface area contributed by atoms with E-state index in [0.717, 1.165) is 4.47 Å². The lowest BCUT2D eigenvalue weighted by Crippen LogP contribution is -2.25. The second-order valence-corrected chi connectivity index (χ2v) is 7.04. The van der Waals surface area contributed by atoms with Crippen molar-refractivity contribution in [3.63, 3.8) is 0 Å². The molecule has 0 aromatic heterocycles. The van der Waals surface area contributed by atoms with Crippen LogP contribution in [-0.4, -0.2) is 9.85 Å². The van der Waals surface area contributed by atoms with Gasteiger partial charge in [-0.2, -0.15) is 0 Å². The zero-order chi connectivity index (χ0) is 20.1. The number of anilines is 1. The first-order valence-corrected chi connectivity index (χ1v) is 9.20. The molecule has 2 atom stereocenters. The number of halogens is 1. The molecule has 0 bridgehead atoms. The van der Waals surface area contributed by atoms with Gasteiger partial charge in [0.2, 0.25) is 0 Å². The lowest BCUT2D eigenvalue weighted by Gasteiger charge is -2.24. The zero-order valence-electron chi connectivity index (χ0n) is 14.6. The van der Waals surface area contributed by atoms with Gasteiger partial charge in [-0.3, -0.25) is 20.2 Å². The van der Waals surface area contributed by atoms with Gasteiger partial charge in [-0.25, -0.2) is 0 Å². The van der Waals surface area contributed by atoms with Gasteiger partial charge in [-0.1, -0.05) is 64.5 Å². The molecule has 3 rings (SSSR count). The van der Waals surface area contributed by atoms with Crippen LogP contribution in [0.1, 0.15) is 23.2 Å². The largest absolute Gasteiger partial charge is 0.372 e. The molecule has 7 nitrogen and oxygen atoms in total. The van der Waals surface area contributed by atoms with Gasteiger partial charge in [-0.15, -0.1) is 0 Å².